The molecule has 0 aromatic heterocycles. The molecule has 1 rings (SSSR count). The molecule has 0 aliphatic carbocycles. The highest BCUT2D eigenvalue weighted by atomic mass is 16.5. The number of nitrogens with two attached hydrogens (primary N) is 1. The third-order valence-electron chi connectivity index (χ3n) is 5.60. The number of amides is 1. The van der Waals surface area contributed by atoms with E-state index < -0.39 is 59.5 Å². The molecule has 0 fully saturated rings. The second-order valence-corrected chi connectivity index (χ2v) is 10.3. The van der Waals surface area contributed by atoms with E-state index in [0.29, 0.717) is 6.61 Å². The molecule has 0 radical (unpaired) electrons. The van der Waals surface area contributed by atoms with Crippen molar-refractivity contribution in [3.05, 3.63) is 11.8 Å². The fourth-order valence-electron chi connectivity index (χ4n) is 3.87. The molecule has 1 aliphatic rings. The molecule has 5 atom stereocenters. The Balaban J connectivity index is 2.87. The second-order valence-electron chi connectivity index (χ2n) is 10.3. The first kappa shape index (κ1) is 32.0. The van der Waals surface area contributed by atoms with Crippen LogP contribution in [0, 0.1) is 10.8 Å². The molecule has 0 spiro atoms. The molecule has 0 aromatic carbocycles. The molecule has 1 heterocycles. The maximum Gasteiger partial charge on any atom is 0.370 e. The molecule has 0 saturated heterocycles. The smallest absolute Gasteiger partial charge is 0.370 e. The maximum absolute atomic E-state index is 11.8. The molecule has 210 valence electrons. The summed E-state index contributed by atoms with van der Waals surface area (Å²) in [4.78, 5) is 23.3. The van der Waals surface area contributed by atoms with Gasteiger partial charge >= 0.3 is 5.97 Å². The summed E-state index contributed by atoms with van der Waals surface area (Å²) < 4.78 is 11.4. The van der Waals surface area contributed by atoms with Crippen molar-refractivity contribution < 1.29 is 34.4 Å². The summed E-state index contributed by atoms with van der Waals surface area (Å²) in [6, 6.07) is -2.09. The summed E-state index contributed by atoms with van der Waals surface area (Å²) in [6.07, 6.45) is -1.67. The number of rotatable bonds is 13. The molecule has 1 aliphatic heterocycles. The largest absolute Gasteiger partial charge is 0.478 e. The van der Waals surface area contributed by atoms with Crippen LogP contribution in [0.3, 0.4) is 0 Å². The number of carbonyl (C=O) groups is 2. The lowest BCUT2D eigenvalue weighted by atomic mass is 9.91. The standard InChI is InChI=1S/C22H42BN7O7/c1-11(31)28-15-12(29-19(24)25)8-14(18(34)35)37-17(15)16(33)13(32)9-27-20(26)30-21(2,3)10-36-22(4,5)6-7-23/h8,12-13,15-17,32-33H,6-7,9-10,23H2,1-5H3,(H,28,31)(H,34,35)(H4,24,25,29)(H3,26,27,30)/t12-,13+,15+,16+,17+/m0/s1. The summed E-state index contributed by atoms with van der Waals surface area (Å²) >= 11 is 0. The van der Waals surface area contributed by atoms with Gasteiger partial charge in [-0.15, -0.1) is 0 Å². The van der Waals surface area contributed by atoms with Crippen LogP contribution in [0.4, 0.5) is 0 Å². The second kappa shape index (κ2) is 13.5. The third-order valence-corrected chi connectivity index (χ3v) is 5.60. The highest BCUT2D eigenvalue weighted by Crippen LogP contribution is 2.23. The van der Waals surface area contributed by atoms with Crippen LogP contribution in [0.15, 0.2) is 11.8 Å². The Labute approximate surface area is 218 Å². The molecule has 37 heavy (non-hydrogen) atoms. The molecule has 11 N–H and O–H groups in total. The molecule has 0 bridgehead atoms. The first-order valence-electron chi connectivity index (χ1n) is 12.1. The molecule has 14 nitrogen and oxygen atoms in total. The van der Waals surface area contributed by atoms with Crippen LogP contribution >= 0.6 is 0 Å². The molecular formula is C22H42BN7O7. The Morgan fingerprint density at radius 2 is 1.86 bits per heavy atom. The molecule has 0 saturated carbocycles. The van der Waals surface area contributed by atoms with Crippen LogP contribution in [0.1, 0.15) is 41.0 Å². The van der Waals surface area contributed by atoms with Gasteiger partial charge in [0, 0.05) is 13.5 Å². The number of aliphatic hydroxyl groups excluding tert-OH is 2. The minimum Gasteiger partial charge on any atom is -0.478 e. The average Bonchev–Trinajstić information content (AvgIpc) is 2.75. The van der Waals surface area contributed by atoms with Gasteiger partial charge in [-0.05, 0) is 40.2 Å². The quantitative estimate of drug-likeness (QED) is 0.0686. The fourth-order valence-corrected chi connectivity index (χ4v) is 3.87. The number of hydrogen-bond donors (Lipinski definition) is 10. The zero-order valence-corrected chi connectivity index (χ0v) is 22.3. The van der Waals surface area contributed by atoms with Gasteiger partial charge < -0.3 is 51.8 Å². The normalized spacial score (nSPS) is 21.5. The zero-order chi connectivity index (χ0) is 28.6. The highest BCUT2D eigenvalue weighted by molar-refractivity contribution is 6.08. The summed E-state index contributed by atoms with van der Waals surface area (Å²) in [6.45, 7) is 8.93. The van der Waals surface area contributed by atoms with Crippen LogP contribution in [-0.4, -0.2) is 102 Å². The number of carboxylic acid groups (broad SMARTS) is 1. The van der Waals surface area contributed by atoms with Crippen molar-refractivity contribution in [2.45, 2.75) is 88.9 Å². The number of hydrogen-bond acceptors (Lipinski definition) is 8. The van der Waals surface area contributed by atoms with Crippen molar-refractivity contribution in [1.29, 1.82) is 10.8 Å². The van der Waals surface area contributed by atoms with Crippen LogP contribution in [0.2, 0.25) is 6.32 Å². The van der Waals surface area contributed by atoms with Gasteiger partial charge in [-0.2, -0.15) is 0 Å². The maximum atomic E-state index is 11.8. The molecule has 0 aromatic rings. The fraction of sp³-hybridized carbons (Fsp3) is 0.727. The predicted molar refractivity (Wildman–Crippen MR) is 140 cm³/mol. The van der Waals surface area contributed by atoms with Gasteiger partial charge in [0.25, 0.3) is 0 Å². The lowest BCUT2D eigenvalue weighted by Crippen LogP contribution is -2.64. The molecule has 1 amide bonds. The monoisotopic (exact) mass is 527 g/mol. The lowest BCUT2D eigenvalue weighted by Gasteiger charge is -2.40. The first-order valence-corrected chi connectivity index (χ1v) is 12.1. The molecular weight excluding hydrogens is 485 g/mol. The topological polar surface area (TPSA) is 235 Å². The van der Waals surface area contributed by atoms with E-state index in [9.17, 15) is 24.9 Å². The number of guanidine groups is 2. The van der Waals surface area contributed by atoms with E-state index in [1.165, 1.54) is 6.92 Å². The Morgan fingerprint density at radius 3 is 2.38 bits per heavy atom. The zero-order valence-electron chi connectivity index (χ0n) is 22.3. The van der Waals surface area contributed by atoms with Crippen molar-refractivity contribution in [3.63, 3.8) is 0 Å². The van der Waals surface area contributed by atoms with Gasteiger partial charge in [0.05, 0.1) is 29.8 Å². The number of nitrogens with one attached hydrogen (secondary N) is 6. The lowest BCUT2D eigenvalue weighted by molar-refractivity contribution is -0.144. The first-order chi connectivity index (χ1) is 17.0. The van der Waals surface area contributed by atoms with Gasteiger partial charge in [0.15, 0.2) is 11.9 Å². The number of aliphatic carboxylic acids is 1. The molecule has 0 unspecified atom stereocenters. The summed E-state index contributed by atoms with van der Waals surface area (Å²) in [5.41, 5.74) is 4.46. The number of carboxylic acids is 1. The van der Waals surface area contributed by atoms with E-state index in [4.69, 9.17) is 26.0 Å². The highest BCUT2D eigenvalue weighted by Gasteiger charge is 2.44. The van der Waals surface area contributed by atoms with Crippen LogP contribution < -0.4 is 27.0 Å². The summed E-state index contributed by atoms with van der Waals surface area (Å²) in [5.74, 6) is -3.13. The van der Waals surface area contributed by atoms with Crippen molar-refractivity contribution in [2.75, 3.05) is 13.2 Å². The van der Waals surface area contributed by atoms with Crippen molar-refractivity contribution in [2.24, 2.45) is 5.73 Å². The minimum absolute atomic E-state index is 0.127. The Bertz CT molecular complexity index is 868. The number of aliphatic hydroxyl groups is 2. The number of carbonyl (C=O) groups excluding carboxylic acids is 1. The van der Waals surface area contributed by atoms with Gasteiger partial charge in [-0.3, -0.25) is 15.6 Å². The third kappa shape index (κ3) is 10.9. The Hall–Kier alpha value is -3.04. The van der Waals surface area contributed by atoms with E-state index in [0.717, 1.165) is 18.8 Å². The van der Waals surface area contributed by atoms with Crippen LogP contribution in [0.25, 0.3) is 0 Å². The average molecular weight is 527 g/mol. The van der Waals surface area contributed by atoms with Gasteiger partial charge in [-0.1, -0.05) is 6.32 Å². The molecule has 15 heteroatoms. The summed E-state index contributed by atoms with van der Waals surface area (Å²) in [7, 11) is 2.07. The predicted octanol–water partition coefficient (Wildman–Crippen LogP) is -2.44. The summed E-state index contributed by atoms with van der Waals surface area (Å²) in [5, 5.41) is 57.2. The minimum atomic E-state index is -1.69. The van der Waals surface area contributed by atoms with Crippen molar-refractivity contribution in [1.82, 2.24) is 21.3 Å². The van der Waals surface area contributed by atoms with E-state index in [-0.39, 0.29) is 18.1 Å². The Morgan fingerprint density at radius 1 is 1.24 bits per heavy atom. The van der Waals surface area contributed by atoms with Gasteiger partial charge in [0.1, 0.15) is 26.2 Å². The van der Waals surface area contributed by atoms with E-state index in [1.807, 2.05) is 27.7 Å². The van der Waals surface area contributed by atoms with E-state index in [1.54, 1.807) is 0 Å². The Kier molecular flexibility index (Phi) is 11.7. The van der Waals surface area contributed by atoms with E-state index in [2.05, 4.69) is 29.1 Å². The van der Waals surface area contributed by atoms with Gasteiger partial charge in [0.2, 0.25) is 11.7 Å². The van der Waals surface area contributed by atoms with E-state index >= 15 is 0 Å². The van der Waals surface area contributed by atoms with Crippen LogP contribution in [-0.2, 0) is 19.1 Å². The van der Waals surface area contributed by atoms with Gasteiger partial charge in [-0.25, -0.2) is 4.79 Å². The van der Waals surface area contributed by atoms with Crippen molar-refractivity contribution in [3.8, 4) is 0 Å². The number of ether oxygens (including phenoxy) is 2. The van der Waals surface area contributed by atoms with Crippen molar-refractivity contribution >= 4 is 31.6 Å². The SMILES string of the molecule is BCCC(C)(C)OCC(C)(C)NC(=N)NC[C@@H](O)[C@@H](O)[C@@H]1OC(C(=O)O)=C[C@H](NC(=N)N)[C@H]1NC(C)=O. The van der Waals surface area contributed by atoms with Crippen LogP contribution in [0.5, 0.6) is 0 Å².